The fraction of sp³-hybridized carbons (Fsp3) is 0.100. The van der Waals surface area contributed by atoms with E-state index in [0.29, 0.717) is 22.5 Å². The SMILES string of the molecule is CC(C)=C1C(=O)Nc2ccc(S(=O)(=O)Nc3ccc(-n4ccnc4)cc3)cc21. The Hall–Kier alpha value is -3.39. The molecule has 0 aliphatic carbocycles. The molecule has 0 atom stereocenters. The lowest BCUT2D eigenvalue weighted by Crippen LogP contribution is -2.13. The third-order valence-electron chi connectivity index (χ3n) is 4.47. The summed E-state index contributed by atoms with van der Waals surface area (Å²) in [5.41, 5.74) is 3.87. The number of fused-ring (bicyclic) bond motifs is 1. The van der Waals surface area contributed by atoms with Crippen LogP contribution in [0.5, 0.6) is 0 Å². The number of sulfonamides is 1. The van der Waals surface area contributed by atoms with Crippen LogP contribution in [0.25, 0.3) is 11.3 Å². The Morgan fingerprint density at radius 2 is 1.86 bits per heavy atom. The highest BCUT2D eigenvalue weighted by Crippen LogP contribution is 2.35. The Labute approximate surface area is 162 Å². The average molecular weight is 394 g/mol. The smallest absolute Gasteiger partial charge is 0.261 e. The van der Waals surface area contributed by atoms with Crippen molar-refractivity contribution in [1.29, 1.82) is 0 Å². The van der Waals surface area contributed by atoms with Crippen LogP contribution in [0.2, 0.25) is 0 Å². The summed E-state index contributed by atoms with van der Waals surface area (Å²) in [6, 6.07) is 11.6. The molecule has 8 heteroatoms. The standard InChI is InChI=1S/C20H18N4O3S/c1-13(2)19-17-11-16(7-8-18(17)22-20(19)25)28(26,27)23-14-3-5-15(6-4-14)24-10-9-21-12-24/h3-12,23H,1-2H3,(H,22,25). The van der Waals surface area contributed by atoms with Crippen LogP contribution < -0.4 is 10.0 Å². The molecule has 3 aromatic rings. The molecule has 0 radical (unpaired) electrons. The van der Waals surface area contributed by atoms with Crippen LogP contribution in [0.4, 0.5) is 11.4 Å². The van der Waals surface area contributed by atoms with Crippen molar-refractivity contribution in [2.75, 3.05) is 10.0 Å². The number of hydrogen-bond acceptors (Lipinski definition) is 4. The van der Waals surface area contributed by atoms with Gasteiger partial charge in [-0.25, -0.2) is 13.4 Å². The van der Waals surface area contributed by atoms with E-state index in [2.05, 4.69) is 15.0 Å². The number of benzene rings is 2. The second-order valence-corrected chi connectivity index (χ2v) is 8.34. The first-order valence-corrected chi connectivity index (χ1v) is 10.1. The maximum atomic E-state index is 12.8. The topological polar surface area (TPSA) is 93.1 Å². The van der Waals surface area contributed by atoms with Gasteiger partial charge in [0.1, 0.15) is 0 Å². The Morgan fingerprint density at radius 3 is 2.50 bits per heavy atom. The van der Waals surface area contributed by atoms with Gasteiger partial charge in [-0.05, 0) is 56.3 Å². The molecule has 1 aliphatic rings. The lowest BCUT2D eigenvalue weighted by Gasteiger charge is -2.10. The maximum Gasteiger partial charge on any atom is 0.261 e. The minimum Gasteiger partial charge on any atom is -0.321 e. The van der Waals surface area contributed by atoms with E-state index in [9.17, 15) is 13.2 Å². The zero-order valence-corrected chi connectivity index (χ0v) is 16.1. The van der Waals surface area contributed by atoms with Gasteiger partial charge >= 0.3 is 0 Å². The molecule has 0 spiro atoms. The Bertz CT molecular complexity index is 1190. The highest BCUT2D eigenvalue weighted by molar-refractivity contribution is 7.92. The summed E-state index contributed by atoms with van der Waals surface area (Å²) in [7, 11) is -3.80. The van der Waals surface area contributed by atoms with Crippen molar-refractivity contribution in [2.24, 2.45) is 0 Å². The number of allylic oxidation sites excluding steroid dienone is 1. The van der Waals surface area contributed by atoms with E-state index in [0.717, 1.165) is 11.3 Å². The second kappa shape index (κ2) is 6.65. The number of nitrogens with zero attached hydrogens (tertiary/aromatic N) is 2. The van der Waals surface area contributed by atoms with Gasteiger partial charge in [-0.2, -0.15) is 0 Å². The quantitative estimate of drug-likeness (QED) is 0.663. The summed E-state index contributed by atoms with van der Waals surface area (Å²) in [5, 5.41) is 2.76. The van der Waals surface area contributed by atoms with Crippen molar-refractivity contribution in [1.82, 2.24) is 9.55 Å². The van der Waals surface area contributed by atoms with Crippen LogP contribution in [0, 0.1) is 0 Å². The van der Waals surface area contributed by atoms with Gasteiger partial charge in [-0.15, -0.1) is 0 Å². The molecule has 2 aromatic carbocycles. The van der Waals surface area contributed by atoms with E-state index >= 15 is 0 Å². The summed E-state index contributed by atoms with van der Waals surface area (Å²) < 4.78 is 30.1. The van der Waals surface area contributed by atoms with Crippen molar-refractivity contribution < 1.29 is 13.2 Å². The first-order valence-electron chi connectivity index (χ1n) is 8.59. The molecule has 1 aliphatic heterocycles. The number of anilines is 2. The van der Waals surface area contributed by atoms with Crippen molar-refractivity contribution >= 4 is 32.9 Å². The number of amides is 1. The summed E-state index contributed by atoms with van der Waals surface area (Å²) in [6.45, 7) is 3.65. The summed E-state index contributed by atoms with van der Waals surface area (Å²) in [4.78, 5) is 16.2. The predicted octanol–water partition coefficient (Wildman–Crippen LogP) is 3.42. The molecule has 0 saturated heterocycles. The summed E-state index contributed by atoms with van der Waals surface area (Å²) >= 11 is 0. The van der Waals surface area contributed by atoms with Gasteiger partial charge in [-0.3, -0.25) is 9.52 Å². The van der Waals surface area contributed by atoms with Crippen molar-refractivity contribution in [3.63, 3.8) is 0 Å². The van der Waals surface area contributed by atoms with Crippen LogP contribution in [0.15, 0.2) is 71.7 Å². The molecular weight excluding hydrogens is 376 g/mol. The molecule has 1 aromatic heterocycles. The molecule has 142 valence electrons. The molecule has 0 bridgehead atoms. The molecule has 28 heavy (non-hydrogen) atoms. The molecular formula is C20H18N4O3S. The first-order chi connectivity index (χ1) is 13.3. The highest BCUT2D eigenvalue weighted by Gasteiger charge is 2.27. The number of imidazole rings is 1. The third-order valence-corrected chi connectivity index (χ3v) is 5.85. The van der Waals surface area contributed by atoms with Gasteiger partial charge in [0.25, 0.3) is 15.9 Å². The minimum absolute atomic E-state index is 0.0974. The van der Waals surface area contributed by atoms with E-state index in [1.807, 2.05) is 18.4 Å². The highest BCUT2D eigenvalue weighted by atomic mass is 32.2. The monoisotopic (exact) mass is 394 g/mol. The lowest BCUT2D eigenvalue weighted by atomic mass is 10.0. The van der Waals surface area contributed by atoms with E-state index < -0.39 is 10.0 Å². The third kappa shape index (κ3) is 3.18. The molecule has 1 amide bonds. The minimum atomic E-state index is -3.80. The zero-order chi connectivity index (χ0) is 19.9. The van der Waals surface area contributed by atoms with Crippen LogP contribution in [0.1, 0.15) is 19.4 Å². The van der Waals surface area contributed by atoms with Gasteiger partial charge in [0.15, 0.2) is 0 Å². The largest absolute Gasteiger partial charge is 0.321 e. The molecule has 7 nitrogen and oxygen atoms in total. The number of carbonyl (C=O) groups is 1. The Balaban J connectivity index is 1.63. The van der Waals surface area contributed by atoms with Gasteiger partial charge in [0.2, 0.25) is 0 Å². The predicted molar refractivity (Wildman–Crippen MR) is 108 cm³/mol. The van der Waals surface area contributed by atoms with Crippen molar-refractivity contribution in [2.45, 2.75) is 18.7 Å². The number of carbonyl (C=O) groups excluding carboxylic acids is 1. The number of hydrogen-bond donors (Lipinski definition) is 2. The summed E-state index contributed by atoms with van der Waals surface area (Å²) in [5.74, 6) is -0.215. The lowest BCUT2D eigenvalue weighted by molar-refractivity contribution is -0.110. The molecule has 2 N–H and O–H groups in total. The summed E-state index contributed by atoms with van der Waals surface area (Å²) in [6.07, 6.45) is 5.14. The maximum absolute atomic E-state index is 12.8. The van der Waals surface area contributed by atoms with Crippen LogP contribution in [-0.2, 0) is 14.8 Å². The van der Waals surface area contributed by atoms with Crippen molar-refractivity contribution in [3.05, 3.63) is 72.3 Å². The van der Waals surface area contributed by atoms with E-state index in [4.69, 9.17) is 0 Å². The Morgan fingerprint density at radius 1 is 1.11 bits per heavy atom. The van der Waals surface area contributed by atoms with E-state index in [1.165, 1.54) is 12.1 Å². The molecule has 0 fully saturated rings. The van der Waals surface area contributed by atoms with Gasteiger partial charge < -0.3 is 9.88 Å². The average Bonchev–Trinajstić information content (AvgIpc) is 3.28. The zero-order valence-electron chi connectivity index (χ0n) is 15.3. The number of rotatable bonds is 4. The van der Waals surface area contributed by atoms with Gasteiger partial charge in [0.05, 0.1) is 11.2 Å². The molecule has 0 unspecified atom stereocenters. The van der Waals surface area contributed by atoms with Crippen LogP contribution in [0.3, 0.4) is 0 Å². The Kier molecular flexibility index (Phi) is 4.27. The van der Waals surface area contributed by atoms with E-state index in [1.54, 1.807) is 49.1 Å². The fourth-order valence-electron chi connectivity index (χ4n) is 3.14. The second-order valence-electron chi connectivity index (χ2n) is 6.66. The molecule has 0 saturated carbocycles. The van der Waals surface area contributed by atoms with Gasteiger partial charge in [0, 0.05) is 40.6 Å². The first kappa shape index (κ1) is 18.0. The van der Waals surface area contributed by atoms with Crippen LogP contribution in [-0.4, -0.2) is 23.9 Å². The van der Waals surface area contributed by atoms with E-state index in [-0.39, 0.29) is 10.8 Å². The molecule has 4 rings (SSSR count). The normalized spacial score (nSPS) is 13.2. The van der Waals surface area contributed by atoms with Crippen molar-refractivity contribution in [3.8, 4) is 5.69 Å². The van der Waals surface area contributed by atoms with Gasteiger partial charge in [-0.1, -0.05) is 5.57 Å². The number of aromatic nitrogens is 2. The number of nitrogens with one attached hydrogen (secondary N) is 2. The molecule has 2 heterocycles. The fourth-order valence-corrected chi connectivity index (χ4v) is 4.22. The van der Waals surface area contributed by atoms with Crippen LogP contribution >= 0.6 is 0 Å².